The van der Waals surface area contributed by atoms with E-state index in [-0.39, 0.29) is 16.7 Å². The third-order valence-electron chi connectivity index (χ3n) is 3.85. The fourth-order valence-corrected chi connectivity index (χ4v) is 2.96. The highest BCUT2D eigenvalue weighted by Crippen LogP contribution is 2.18. The molecule has 24 heavy (non-hydrogen) atoms. The summed E-state index contributed by atoms with van der Waals surface area (Å²) in [6, 6.07) is 16.3. The number of rotatable bonds is 7. The molecule has 2 aromatic carbocycles. The Morgan fingerprint density at radius 2 is 1.71 bits per heavy atom. The van der Waals surface area contributed by atoms with Crippen molar-refractivity contribution in [3.63, 3.8) is 0 Å². The number of sulfonamides is 1. The van der Waals surface area contributed by atoms with E-state index in [1.54, 1.807) is 12.1 Å². The minimum Gasteiger partial charge on any atom is -0.356 e. The van der Waals surface area contributed by atoms with Gasteiger partial charge in [-0.15, -0.1) is 0 Å². The van der Waals surface area contributed by atoms with E-state index >= 15 is 0 Å². The van der Waals surface area contributed by atoms with Crippen LogP contribution in [0.5, 0.6) is 0 Å². The highest BCUT2D eigenvalue weighted by Gasteiger charge is 2.11. The largest absolute Gasteiger partial charge is 0.356 e. The van der Waals surface area contributed by atoms with E-state index < -0.39 is 10.0 Å². The standard InChI is InChI=1S/C18H22N2O3S/c1-14(16-5-3-2-4-6-16)13-18(21)20-12-11-15-7-9-17(10-8-15)24(19,22)23/h2-10,14H,11-13H2,1H3,(H,20,21)(H2,19,22,23)/t14-/m1/s1. The zero-order valence-electron chi connectivity index (χ0n) is 13.6. The highest BCUT2D eigenvalue weighted by atomic mass is 32.2. The molecule has 2 aromatic rings. The van der Waals surface area contributed by atoms with E-state index in [0.29, 0.717) is 19.4 Å². The molecule has 0 heterocycles. The van der Waals surface area contributed by atoms with Crippen LogP contribution < -0.4 is 10.5 Å². The van der Waals surface area contributed by atoms with Crippen LogP contribution in [0, 0.1) is 0 Å². The minimum atomic E-state index is -3.66. The van der Waals surface area contributed by atoms with Gasteiger partial charge in [0, 0.05) is 13.0 Å². The van der Waals surface area contributed by atoms with Gasteiger partial charge in [-0.25, -0.2) is 13.6 Å². The predicted molar refractivity (Wildman–Crippen MR) is 94.0 cm³/mol. The van der Waals surface area contributed by atoms with Crippen molar-refractivity contribution in [1.29, 1.82) is 0 Å². The normalized spacial score (nSPS) is 12.6. The van der Waals surface area contributed by atoms with Crippen molar-refractivity contribution in [3.8, 4) is 0 Å². The molecular formula is C18H22N2O3S. The topological polar surface area (TPSA) is 89.3 Å². The minimum absolute atomic E-state index is 0.00695. The average Bonchev–Trinajstić information content (AvgIpc) is 2.55. The van der Waals surface area contributed by atoms with Crippen LogP contribution in [0.25, 0.3) is 0 Å². The first-order valence-corrected chi connectivity index (χ1v) is 9.34. The predicted octanol–water partition coefficient (Wildman–Crippen LogP) is 2.19. The average molecular weight is 346 g/mol. The van der Waals surface area contributed by atoms with E-state index in [9.17, 15) is 13.2 Å². The molecule has 0 saturated carbocycles. The van der Waals surface area contributed by atoms with Crippen LogP contribution in [0.1, 0.15) is 30.4 Å². The molecule has 0 aliphatic heterocycles. The summed E-state index contributed by atoms with van der Waals surface area (Å²) in [4.78, 5) is 12.1. The number of nitrogens with one attached hydrogen (secondary N) is 1. The molecule has 0 unspecified atom stereocenters. The molecule has 3 N–H and O–H groups in total. The number of benzene rings is 2. The maximum atomic E-state index is 12.0. The summed E-state index contributed by atoms with van der Waals surface area (Å²) in [6.45, 7) is 2.54. The van der Waals surface area contributed by atoms with E-state index in [1.807, 2.05) is 37.3 Å². The third-order valence-corrected chi connectivity index (χ3v) is 4.78. The lowest BCUT2D eigenvalue weighted by atomic mass is 9.97. The maximum absolute atomic E-state index is 12.0. The van der Waals surface area contributed by atoms with Crippen LogP contribution in [0.4, 0.5) is 0 Å². The van der Waals surface area contributed by atoms with Gasteiger partial charge < -0.3 is 5.32 Å². The summed E-state index contributed by atoms with van der Waals surface area (Å²) < 4.78 is 22.4. The maximum Gasteiger partial charge on any atom is 0.238 e. The quantitative estimate of drug-likeness (QED) is 0.805. The summed E-state index contributed by atoms with van der Waals surface area (Å²) in [5.74, 6) is 0.174. The van der Waals surface area contributed by atoms with E-state index in [0.717, 1.165) is 11.1 Å². The first-order chi connectivity index (χ1) is 11.4. The molecule has 0 radical (unpaired) electrons. The fourth-order valence-electron chi connectivity index (χ4n) is 2.44. The first kappa shape index (κ1) is 18.2. The SMILES string of the molecule is C[C@H](CC(=O)NCCc1ccc(S(N)(=O)=O)cc1)c1ccccc1. The van der Waals surface area contributed by atoms with Gasteiger partial charge in [0.05, 0.1) is 4.90 Å². The highest BCUT2D eigenvalue weighted by molar-refractivity contribution is 7.89. The van der Waals surface area contributed by atoms with Gasteiger partial charge in [-0.3, -0.25) is 4.79 Å². The fraction of sp³-hybridized carbons (Fsp3) is 0.278. The number of primary sulfonamides is 1. The molecule has 0 aliphatic rings. The van der Waals surface area contributed by atoms with Gasteiger partial charge in [-0.2, -0.15) is 0 Å². The Morgan fingerprint density at radius 1 is 1.08 bits per heavy atom. The van der Waals surface area contributed by atoms with Crippen molar-refractivity contribution >= 4 is 15.9 Å². The van der Waals surface area contributed by atoms with Crippen molar-refractivity contribution in [2.24, 2.45) is 5.14 Å². The summed E-state index contributed by atoms with van der Waals surface area (Å²) in [7, 11) is -3.66. The van der Waals surface area contributed by atoms with Crippen LogP contribution in [0.3, 0.4) is 0 Å². The zero-order chi connectivity index (χ0) is 17.6. The Balaban J connectivity index is 1.78. The van der Waals surface area contributed by atoms with E-state index in [1.165, 1.54) is 12.1 Å². The number of nitrogens with two attached hydrogens (primary N) is 1. The molecular weight excluding hydrogens is 324 g/mol. The van der Waals surface area contributed by atoms with Gasteiger partial charge in [0.15, 0.2) is 0 Å². The van der Waals surface area contributed by atoms with E-state index in [4.69, 9.17) is 5.14 Å². The number of carbonyl (C=O) groups excluding carboxylic acids is 1. The Kier molecular flexibility index (Phi) is 6.11. The van der Waals surface area contributed by atoms with Crippen LogP contribution in [-0.4, -0.2) is 20.9 Å². The third kappa shape index (κ3) is 5.47. The Morgan fingerprint density at radius 3 is 2.29 bits per heavy atom. The smallest absolute Gasteiger partial charge is 0.238 e. The summed E-state index contributed by atoms with van der Waals surface area (Å²) in [5.41, 5.74) is 2.09. The molecule has 1 amide bonds. The van der Waals surface area contributed by atoms with Gasteiger partial charge in [-0.1, -0.05) is 49.4 Å². The second-order valence-electron chi connectivity index (χ2n) is 5.80. The lowest BCUT2D eigenvalue weighted by Gasteiger charge is -2.12. The molecule has 0 aromatic heterocycles. The van der Waals surface area contributed by atoms with Gasteiger partial charge in [0.25, 0.3) is 0 Å². The second-order valence-corrected chi connectivity index (χ2v) is 7.37. The number of hydrogen-bond acceptors (Lipinski definition) is 3. The molecule has 0 spiro atoms. The molecule has 0 bridgehead atoms. The number of carbonyl (C=O) groups is 1. The Hall–Kier alpha value is -2.18. The van der Waals surface area contributed by atoms with Crippen molar-refractivity contribution < 1.29 is 13.2 Å². The molecule has 5 nitrogen and oxygen atoms in total. The van der Waals surface area contributed by atoms with Gasteiger partial charge in [-0.05, 0) is 35.6 Å². The molecule has 1 atom stereocenters. The van der Waals surface area contributed by atoms with Crippen molar-refractivity contribution in [3.05, 3.63) is 65.7 Å². The molecule has 0 aliphatic carbocycles. The van der Waals surface area contributed by atoms with Gasteiger partial charge >= 0.3 is 0 Å². The summed E-state index contributed by atoms with van der Waals surface area (Å²) >= 11 is 0. The van der Waals surface area contributed by atoms with Crippen LogP contribution in [0.15, 0.2) is 59.5 Å². The monoisotopic (exact) mass is 346 g/mol. The number of hydrogen-bond donors (Lipinski definition) is 2. The summed E-state index contributed by atoms with van der Waals surface area (Å²) in [5, 5.41) is 7.95. The lowest BCUT2D eigenvalue weighted by molar-refractivity contribution is -0.121. The molecule has 0 fully saturated rings. The van der Waals surface area contributed by atoms with Crippen LogP contribution in [0.2, 0.25) is 0 Å². The van der Waals surface area contributed by atoms with Crippen LogP contribution >= 0.6 is 0 Å². The van der Waals surface area contributed by atoms with Gasteiger partial charge in [0.2, 0.25) is 15.9 Å². The van der Waals surface area contributed by atoms with Crippen molar-refractivity contribution in [2.45, 2.75) is 30.6 Å². The van der Waals surface area contributed by atoms with Crippen molar-refractivity contribution in [2.75, 3.05) is 6.54 Å². The molecule has 128 valence electrons. The van der Waals surface area contributed by atoms with Crippen molar-refractivity contribution in [1.82, 2.24) is 5.32 Å². The second kappa shape index (κ2) is 8.08. The molecule has 0 saturated heterocycles. The summed E-state index contributed by atoms with van der Waals surface area (Å²) in [6.07, 6.45) is 1.07. The Labute approximate surface area is 142 Å². The molecule has 2 rings (SSSR count). The van der Waals surface area contributed by atoms with Crippen LogP contribution in [-0.2, 0) is 21.2 Å². The zero-order valence-corrected chi connectivity index (χ0v) is 14.4. The number of amides is 1. The Bertz CT molecular complexity index is 772. The molecule has 6 heteroatoms. The van der Waals surface area contributed by atoms with E-state index in [2.05, 4.69) is 5.32 Å². The first-order valence-electron chi connectivity index (χ1n) is 7.79. The van der Waals surface area contributed by atoms with Gasteiger partial charge in [0.1, 0.15) is 0 Å². The lowest BCUT2D eigenvalue weighted by Crippen LogP contribution is -2.26.